The van der Waals surface area contributed by atoms with E-state index in [9.17, 15) is 4.39 Å². The van der Waals surface area contributed by atoms with Crippen LogP contribution in [0.25, 0.3) is 0 Å². The summed E-state index contributed by atoms with van der Waals surface area (Å²) in [5, 5.41) is 0. The molecule has 0 aliphatic heterocycles. The molecule has 21 heavy (non-hydrogen) atoms. The first-order valence-electron chi connectivity index (χ1n) is 7.85. The lowest BCUT2D eigenvalue weighted by Gasteiger charge is -2.33. The fraction of sp³-hybridized carbons (Fsp3) is 0.588. The Hall–Kier alpha value is -1.16. The highest BCUT2D eigenvalue weighted by Crippen LogP contribution is 2.32. The van der Waals surface area contributed by atoms with Gasteiger partial charge in [0.05, 0.1) is 11.3 Å². The molecular formula is C17H25FN2S. The van der Waals surface area contributed by atoms with Crippen molar-refractivity contribution < 1.29 is 4.39 Å². The summed E-state index contributed by atoms with van der Waals surface area (Å²) >= 11 is 5.08. The lowest BCUT2D eigenvalue weighted by Crippen LogP contribution is -2.36. The lowest BCUT2D eigenvalue weighted by atomic mass is 10.0. The van der Waals surface area contributed by atoms with Crippen molar-refractivity contribution in [3.63, 3.8) is 0 Å². The first-order valence-corrected chi connectivity index (χ1v) is 8.26. The number of nitrogens with two attached hydrogens (primary N) is 1. The van der Waals surface area contributed by atoms with E-state index in [2.05, 4.69) is 18.7 Å². The zero-order chi connectivity index (χ0) is 15.4. The summed E-state index contributed by atoms with van der Waals surface area (Å²) in [7, 11) is 0. The molecule has 0 bridgehead atoms. The Morgan fingerprint density at radius 1 is 1.38 bits per heavy atom. The summed E-state index contributed by atoms with van der Waals surface area (Å²) in [6, 6.07) is 5.63. The van der Waals surface area contributed by atoms with Crippen LogP contribution in [0.2, 0.25) is 0 Å². The summed E-state index contributed by atoms with van der Waals surface area (Å²) in [6.45, 7) is 5.36. The maximum atomic E-state index is 14.2. The van der Waals surface area contributed by atoms with Crippen molar-refractivity contribution in [2.75, 3.05) is 11.4 Å². The highest BCUT2D eigenvalue weighted by atomic mass is 32.1. The Morgan fingerprint density at radius 2 is 2.05 bits per heavy atom. The number of benzene rings is 1. The maximum Gasteiger partial charge on any atom is 0.135 e. The van der Waals surface area contributed by atoms with Gasteiger partial charge in [-0.1, -0.05) is 45.0 Å². The summed E-state index contributed by atoms with van der Waals surface area (Å²) in [6.07, 6.45) is 5.93. The van der Waals surface area contributed by atoms with E-state index in [1.54, 1.807) is 6.07 Å². The van der Waals surface area contributed by atoms with Crippen LogP contribution in [0.15, 0.2) is 18.2 Å². The van der Waals surface area contributed by atoms with Gasteiger partial charge in [0.1, 0.15) is 10.8 Å². The van der Waals surface area contributed by atoms with E-state index in [0.717, 1.165) is 18.7 Å². The van der Waals surface area contributed by atoms with Crippen LogP contribution in [0.3, 0.4) is 0 Å². The van der Waals surface area contributed by atoms with Crippen molar-refractivity contribution in [3.8, 4) is 0 Å². The van der Waals surface area contributed by atoms with Crippen LogP contribution in [-0.4, -0.2) is 17.6 Å². The van der Waals surface area contributed by atoms with Crippen LogP contribution < -0.4 is 10.6 Å². The Kier molecular flexibility index (Phi) is 5.57. The fourth-order valence-electron chi connectivity index (χ4n) is 3.11. The maximum absolute atomic E-state index is 14.2. The number of thiocarbonyl (C=S) groups is 1. The zero-order valence-electron chi connectivity index (χ0n) is 12.9. The highest BCUT2D eigenvalue weighted by molar-refractivity contribution is 7.80. The van der Waals surface area contributed by atoms with E-state index in [0.29, 0.717) is 17.5 Å². The van der Waals surface area contributed by atoms with Gasteiger partial charge in [-0.2, -0.15) is 0 Å². The van der Waals surface area contributed by atoms with Crippen LogP contribution in [0, 0.1) is 11.7 Å². The lowest BCUT2D eigenvalue weighted by molar-refractivity contribution is 0.526. The summed E-state index contributed by atoms with van der Waals surface area (Å²) in [5.41, 5.74) is 7.05. The third kappa shape index (κ3) is 3.94. The first-order chi connectivity index (χ1) is 10.0. The quantitative estimate of drug-likeness (QED) is 0.796. The molecule has 1 aliphatic carbocycles. The molecule has 1 saturated carbocycles. The van der Waals surface area contributed by atoms with Gasteiger partial charge in [0, 0.05) is 12.6 Å². The average molecular weight is 308 g/mol. The minimum absolute atomic E-state index is 0.149. The molecule has 0 spiro atoms. The van der Waals surface area contributed by atoms with Crippen molar-refractivity contribution in [1.82, 2.24) is 0 Å². The van der Waals surface area contributed by atoms with Crippen LogP contribution in [0.4, 0.5) is 10.1 Å². The van der Waals surface area contributed by atoms with E-state index in [1.165, 1.54) is 31.7 Å². The molecule has 0 atom stereocenters. The van der Waals surface area contributed by atoms with Gasteiger partial charge in [0.15, 0.2) is 0 Å². The molecule has 4 heteroatoms. The molecular weight excluding hydrogens is 283 g/mol. The molecule has 2 rings (SSSR count). The average Bonchev–Trinajstić information content (AvgIpc) is 2.92. The van der Waals surface area contributed by atoms with Gasteiger partial charge < -0.3 is 10.6 Å². The van der Waals surface area contributed by atoms with Gasteiger partial charge in [-0.3, -0.25) is 0 Å². The monoisotopic (exact) mass is 308 g/mol. The highest BCUT2D eigenvalue weighted by Gasteiger charge is 2.26. The fourth-order valence-corrected chi connectivity index (χ4v) is 3.31. The van der Waals surface area contributed by atoms with E-state index in [1.807, 2.05) is 6.07 Å². The molecule has 0 aromatic heterocycles. The number of hydrogen-bond acceptors (Lipinski definition) is 2. The number of nitrogens with zero attached hydrogens (tertiary/aromatic N) is 1. The van der Waals surface area contributed by atoms with E-state index < -0.39 is 0 Å². The summed E-state index contributed by atoms with van der Waals surface area (Å²) < 4.78 is 14.2. The molecule has 0 amide bonds. The standard InChI is InChI=1S/C17H25FN2S/c1-12(2)10-11-20(13-6-3-4-7-13)15-9-5-8-14(18)16(15)17(19)21/h5,8-9,12-13H,3-4,6-7,10-11H2,1-2H3,(H2,19,21). The Balaban J connectivity index is 2.35. The van der Waals surface area contributed by atoms with Crippen LogP contribution in [0.5, 0.6) is 0 Å². The van der Waals surface area contributed by atoms with Gasteiger partial charge in [0.2, 0.25) is 0 Å². The van der Waals surface area contributed by atoms with Crippen molar-refractivity contribution in [2.45, 2.75) is 52.0 Å². The van der Waals surface area contributed by atoms with E-state index in [-0.39, 0.29) is 10.8 Å². The molecule has 0 saturated heterocycles. The third-order valence-corrected chi connectivity index (χ3v) is 4.46. The molecule has 1 fully saturated rings. The molecule has 2 nitrogen and oxygen atoms in total. The van der Waals surface area contributed by atoms with Gasteiger partial charge >= 0.3 is 0 Å². The molecule has 116 valence electrons. The molecule has 0 unspecified atom stereocenters. The van der Waals surface area contributed by atoms with E-state index >= 15 is 0 Å². The predicted molar refractivity (Wildman–Crippen MR) is 91.3 cm³/mol. The second kappa shape index (κ2) is 7.21. The normalized spacial score (nSPS) is 15.6. The van der Waals surface area contributed by atoms with Gasteiger partial charge in [-0.15, -0.1) is 0 Å². The number of halogens is 1. The predicted octanol–water partition coefficient (Wildman–Crippen LogP) is 4.26. The van der Waals surface area contributed by atoms with Gasteiger partial charge in [-0.25, -0.2) is 4.39 Å². The van der Waals surface area contributed by atoms with Crippen molar-refractivity contribution >= 4 is 22.9 Å². The molecule has 1 aromatic rings. The topological polar surface area (TPSA) is 29.3 Å². The van der Waals surface area contributed by atoms with Gasteiger partial charge in [-0.05, 0) is 37.3 Å². The molecule has 2 N–H and O–H groups in total. The SMILES string of the molecule is CC(C)CCN(c1cccc(F)c1C(N)=S)C1CCCC1. The molecule has 1 aromatic carbocycles. The first kappa shape index (κ1) is 16.2. The minimum Gasteiger partial charge on any atom is -0.389 e. The van der Waals surface area contributed by atoms with Crippen LogP contribution in [0.1, 0.15) is 51.5 Å². The third-order valence-electron chi connectivity index (χ3n) is 4.26. The molecule has 0 radical (unpaired) electrons. The van der Waals surface area contributed by atoms with Crippen molar-refractivity contribution in [2.24, 2.45) is 11.7 Å². The number of hydrogen-bond donors (Lipinski definition) is 1. The smallest absolute Gasteiger partial charge is 0.135 e. The second-order valence-corrected chi connectivity index (χ2v) is 6.75. The van der Waals surface area contributed by atoms with Crippen LogP contribution in [-0.2, 0) is 0 Å². The second-order valence-electron chi connectivity index (χ2n) is 6.31. The molecule has 1 aliphatic rings. The summed E-state index contributed by atoms with van der Waals surface area (Å²) in [4.78, 5) is 2.49. The van der Waals surface area contributed by atoms with E-state index in [4.69, 9.17) is 18.0 Å². The van der Waals surface area contributed by atoms with Crippen molar-refractivity contribution in [1.29, 1.82) is 0 Å². The number of anilines is 1. The Morgan fingerprint density at radius 3 is 2.62 bits per heavy atom. The van der Waals surface area contributed by atoms with Gasteiger partial charge in [0.25, 0.3) is 0 Å². The Bertz CT molecular complexity index is 496. The van der Waals surface area contributed by atoms with Crippen LogP contribution >= 0.6 is 12.2 Å². The largest absolute Gasteiger partial charge is 0.389 e. The van der Waals surface area contributed by atoms with Crippen molar-refractivity contribution in [3.05, 3.63) is 29.6 Å². The zero-order valence-corrected chi connectivity index (χ0v) is 13.8. The number of rotatable bonds is 6. The molecule has 0 heterocycles. The minimum atomic E-state index is -0.312. The summed E-state index contributed by atoms with van der Waals surface area (Å²) in [5.74, 6) is 0.309. The Labute approximate surface area is 132 Å².